The highest BCUT2D eigenvalue weighted by Crippen LogP contribution is 2.39. The molecule has 0 aliphatic heterocycles. The summed E-state index contributed by atoms with van der Waals surface area (Å²) in [5, 5.41) is 10.0. The van der Waals surface area contributed by atoms with Gasteiger partial charge >= 0.3 is 5.97 Å². The number of carboxylic acids is 1. The molecule has 36 heavy (non-hydrogen) atoms. The third-order valence-electron chi connectivity index (χ3n) is 6.84. The monoisotopic (exact) mass is 538 g/mol. The number of carbonyl (C=O) groups excluding carboxylic acids is 1. The Balaban J connectivity index is 2.05. The summed E-state index contributed by atoms with van der Waals surface area (Å²) >= 11 is 1.07. The van der Waals surface area contributed by atoms with Gasteiger partial charge in [0, 0.05) is 30.5 Å². The number of hydrogen-bond acceptors (Lipinski definition) is 6. The molecule has 8 nitrogen and oxygen atoms in total. The number of methoxy groups -OCH3 is 1. The van der Waals surface area contributed by atoms with Crippen molar-refractivity contribution in [2.75, 3.05) is 18.3 Å². The molecule has 3 rings (SSSR count). The van der Waals surface area contributed by atoms with Gasteiger partial charge in [0.2, 0.25) is 15.9 Å². The van der Waals surface area contributed by atoms with Gasteiger partial charge in [-0.1, -0.05) is 18.8 Å². The number of amides is 1. The van der Waals surface area contributed by atoms with E-state index in [9.17, 15) is 23.1 Å². The Hall–Kier alpha value is -1.93. The van der Waals surface area contributed by atoms with Crippen LogP contribution in [0.25, 0.3) is 0 Å². The maximum absolute atomic E-state index is 14.0. The molecule has 200 valence electrons. The van der Waals surface area contributed by atoms with E-state index in [-0.39, 0.29) is 22.1 Å². The summed E-state index contributed by atoms with van der Waals surface area (Å²) in [5.74, 6) is 5.37. The van der Waals surface area contributed by atoms with Crippen molar-refractivity contribution in [1.82, 2.24) is 4.72 Å². The summed E-state index contributed by atoms with van der Waals surface area (Å²) < 4.78 is 32.2. The SMILES string of the molecule is COC1CC(N(c2cc(C#CC(C)(C)C)sc2C(=O)O)C(=O)[C@H]2CC[C@H](C)CC2)CC1NS(C)(=O)=O. The third kappa shape index (κ3) is 7.31. The first kappa shape index (κ1) is 28.6. The van der Waals surface area contributed by atoms with Crippen molar-refractivity contribution >= 4 is 38.9 Å². The number of sulfonamides is 1. The van der Waals surface area contributed by atoms with Crippen LogP contribution < -0.4 is 9.62 Å². The van der Waals surface area contributed by atoms with E-state index in [0.717, 1.165) is 43.3 Å². The van der Waals surface area contributed by atoms with Gasteiger partial charge in [0.05, 0.1) is 22.9 Å². The van der Waals surface area contributed by atoms with Crippen LogP contribution in [0.1, 0.15) is 80.8 Å². The first-order valence-corrected chi connectivity index (χ1v) is 15.1. The molecule has 2 saturated carbocycles. The third-order valence-corrected chi connectivity index (χ3v) is 8.60. The van der Waals surface area contributed by atoms with Crippen molar-refractivity contribution in [2.24, 2.45) is 17.3 Å². The molecular formula is C26H38N2O6S2. The quantitative estimate of drug-likeness (QED) is 0.506. The van der Waals surface area contributed by atoms with Crippen molar-refractivity contribution < 1.29 is 27.9 Å². The van der Waals surface area contributed by atoms with Crippen LogP contribution in [0.2, 0.25) is 0 Å². The molecule has 0 saturated heterocycles. The second-order valence-corrected chi connectivity index (χ2v) is 14.0. The highest BCUT2D eigenvalue weighted by Gasteiger charge is 2.43. The van der Waals surface area contributed by atoms with Gasteiger partial charge in [-0.3, -0.25) is 4.79 Å². The molecule has 10 heteroatoms. The molecule has 3 unspecified atom stereocenters. The van der Waals surface area contributed by atoms with Crippen LogP contribution >= 0.6 is 11.3 Å². The normalized spacial score (nSPS) is 26.8. The van der Waals surface area contributed by atoms with Crippen molar-refractivity contribution in [3.63, 3.8) is 0 Å². The van der Waals surface area contributed by atoms with Crippen LogP contribution in [0.5, 0.6) is 0 Å². The van der Waals surface area contributed by atoms with Crippen LogP contribution in [-0.4, -0.2) is 57.0 Å². The van der Waals surface area contributed by atoms with Gasteiger partial charge in [0.1, 0.15) is 4.88 Å². The lowest BCUT2D eigenvalue weighted by molar-refractivity contribution is -0.124. The van der Waals surface area contributed by atoms with Crippen LogP contribution in [0.3, 0.4) is 0 Å². The van der Waals surface area contributed by atoms with Gasteiger partial charge in [-0.25, -0.2) is 17.9 Å². The molecule has 0 radical (unpaired) electrons. The number of nitrogens with zero attached hydrogens (tertiary/aromatic N) is 1. The number of hydrogen-bond donors (Lipinski definition) is 2. The standard InChI is InChI=1S/C26H38N2O6S2/c1-16-7-9-17(10-8-16)24(29)28(18-13-20(22(14-18)34-5)27-36(6,32)33)21-15-19(11-12-26(2,3)4)35-23(21)25(30)31/h15-18,20,22,27H,7-10,13-14H2,1-6H3,(H,30,31)/t16-,17-,18?,20?,22?. The summed E-state index contributed by atoms with van der Waals surface area (Å²) in [6.07, 6.45) is 4.81. The zero-order chi connectivity index (χ0) is 26.8. The zero-order valence-corrected chi connectivity index (χ0v) is 23.6. The Kier molecular flexibility index (Phi) is 8.92. The molecule has 1 aromatic rings. The lowest BCUT2D eigenvalue weighted by Gasteiger charge is -2.34. The molecule has 1 heterocycles. The highest BCUT2D eigenvalue weighted by atomic mass is 32.2. The number of nitrogens with one attached hydrogen (secondary N) is 1. The predicted octanol–water partition coefficient (Wildman–Crippen LogP) is 4.10. The van der Waals surface area contributed by atoms with Gasteiger partial charge in [-0.15, -0.1) is 11.3 Å². The number of carbonyl (C=O) groups is 2. The molecule has 0 bridgehead atoms. The maximum atomic E-state index is 14.0. The average Bonchev–Trinajstić information content (AvgIpc) is 3.35. The predicted molar refractivity (Wildman–Crippen MR) is 142 cm³/mol. The van der Waals surface area contributed by atoms with E-state index < -0.39 is 34.2 Å². The molecule has 0 spiro atoms. The minimum absolute atomic E-state index is 0.0687. The zero-order valence-electron chi connectivity index (χ0n) is 22.0. The molecule has 0 aromatic carbocycles. The Morgan fingerprint density at radius 2 is 1.83 bits per heavy atom. The fourth-order valence-electron chi connectivity index (χ4n) is 5.07. The lowest BCUT2D eigenvalue weighted by atomic mass is 9.82. The summed E-state index contributed by atoms with van der Waals surface area (Å²) in [6.45, 7) is 8.11. The minimum atomic E-state index is -3.49. The second kappa shape index (κ2) is 11.2. The van der Waals surface area contributed by atoms with E-state index in [1.807, 2.05) is 20.8 Å². The molecule has 1 amide bonds. The number of aromatic carboxylic acids is 1. The van der Waals surface area contributed by atoms with Crippen LogP contribution in [0.4, 0.5) is 5.69 Å². The topological polar surface area (TPSA) is 113 Å². The number of anilines is 1. The molecule has 2 fully saturated rings. The van der Waals surface area contributed by atoms with Crippen LogP contribution in [0.15, 0.2) is 6.07 Å². The van der Waals surface area contributed by atoms with Crippen LogP contribution in [0, 0.1) is 29.1 Å². The van der Waals surface area contributed by atoms with E-state index in [2.05, 4.69) is 23.5 Å². The molecule has 2 aliphatic carbocycles. The lowest BCUT2D eigenvalue weighted by Crippen LogP contribution is -2.45. The van der Waals surface area contributed by atoms with Crippen LogP contribution in [-0.2, 0) is 19.6 Å². The summed E-state index contributed by atoms with van der Waals surface area (Å²) in [5.41, 5.74) is 0.0814. The number of thiophene rings is 1. The Labute approximate surface area is 218 Å². The van der Waals surface area contributed by atoms with E-state index in [0.29, 0.717) is 29.3 Å². The van der Waals surface area contributed by atoms with Crippen molar-refractivity contribution in [2.45, 2.75) is 84.4 Å². The van der Waals surface area contributed by atoms with E-state index in [1.54, 1.807) is 11.0 Å². The van der Waals surface area contributed by atoms with Crippen molar-refractivity contribution in [3.05, 3.63) is 15.8 Å². The van der Waals surface area contributed by atoms with Gasteiger partial charge in [0.15, 0.2) is 0 Å². The van der Waals surface area contributed by atoms with E-state index >= 15 is 0 Å². The maximum Gasteiger partial charge on any atom is 0.348 e. The molecule has 3 atom stereocenters. The smallest absolute Gasteiger partial charge is 0.348 e. The largest absolute Gasteiger partial charge is 0.477 e. The van der Waals surface area contributed by atoms with E-state index in [1.165, 1.54) is 7.11 Å². The van der Waals surface area contributed by atoms with Gasteiger partial charge in [-0.2, -0.15) is 0 Å². The Morgan fingerprint density at radius 1 is 1.19 bits per heavy atom. The average molecular weight is 539 g/mol. The summed E-state index contributed by atoms with van der Waals surface area (Å²) in [6, 6.07) is 0.788. The Morgan fingerprint density at radius 3 is 2.36 bits per heavy atom. The number of carboxylic acid groups (broad SMARTS) is 1. The first-order chi connectivity index (χ1) is 16.7. The minimum Gasteiger partial charge on any atom is -0.477 e. The molecule has 1 aromatic heterocycles. The Bertz CT molecular complexity index is 1130. The number of ether oxygens (including phenoxy) is 1. The highest BCUT2D eigenvalue weighted by molar-refractivity contribution is 7.88. The molecular weight excluding hydrogens is 500 g/mol. The fourth-order valence-corrected chi connectivity index (χ4v) is 6.71. The summed E-state index contributed by atoms with van der Waals surface area (Å²) in [7, 11) is -1.97. The molecule has 2 N–H and O–H groups in total. The van der Waals surface area contributed by atoms with Crippen molar-refractivity contribution in [3.8, 4) is 11.8 Å². The first-order valence-electron chi connectivity index (χ1n) is 12.4. The summed E-state index contributed by atoms with van der Waals surface area (Å²) in [4.78, 5) is 28.6. The van der Waals surface area contributed by atoms with E-state index in [4.69, 9.17) is 4.74 Å². The second-order valence-electron chi connectivity index (χ2n) is 11.2. The molecule has 2 aliphatic rings. The number of rotatable bonds is 7. The van der Waals surface area contributed by atoms with Gasteiger partial charge in [0.25, 0.3) is 0 Å². The van der Waals surface area contributed by atoms with Crippen molar-refractivity contribution in [1.29, 1.82) is 0 Å². The fraction of sp³-hybridized carbons (Fsp3) is 0.692. The van der Waals surface area contributed by atoms with Gasteiger partial charge in [-0.05, 0) is 71.3 Å². The van der Waals surface area contributed by atoms with Gasteiger partial charge < -0.3 is 14.7 Å².